The first kappa shape index (κ1) is 22.2. The maximum Gasteiger partial charge on any atom is 0.416 e. The molecule has 0 bridgehead atoms. The number of methoxy groups -OCH3 is 1. The molecule has 0 radical (unpaired) electrons. The summed E-state index contributed by atoms with van der Waals surface area (Å²) >= 11 is 1.21. The van der Waals surface area contributed by atoms with Crippen LogP contribution in [0.4, 0.5) is 13.2 Å². The van der Waals surface area contributed by atoms with E-state index in [4.69, 9.17) is 9.47 Å². The van der Waals surface area contributed by atoms with Gasteiger partial charge in [0.25, 0.3) is 5.56 Å². The van der Waals surface area contributed by atoms with Crippen molar-refractivity contribution < 1.29 is 22.6 Å². The normalized spacial score (nSPS) is 11.1. The summed E-state index contributed by atoms with van der Waals surface area (Å²) in [4.78, 5) is 19.0. The zero-order chi connectivity index (χ0) is 22.6. The molecular formula is C21H16F3N3O3S. The summed E-state index contributed by atoms with van der Waals surface area (Å²) in [6.45, 7) is -0.145. The van der Waals surface area contributed by atoms with E-state index in [2.05, 4.69) is 9.97 Å². The molecule has 0 aliphatic carbocycles. The minimum Gasteiger partial charge on any atom is -0.493 e. The largest absolute Gasteiger partial charge is 0.493 e. The lowest BCUT2D eigenvalue weighted by molar-refractivity contribution is -0.137. The molecule has 0 saturated heterocycles. The molecule has 0 saturated carbocycles. The summed E-state index contributed by atoms with van der Waals surface area (Å²) in [5.41, 5.74) is -0.588. The van der Waals surface area contributed by atoms with Crippen molar-refractivity contribution in [1.82, 2.24) is 9.97 Å². The van der Waals surface area contributed by atoms with E-state index < -0.39 is 17.3 Å². The van der Waals surface area contributed by atoms with Crippen molar-refractivity contribution in [2.45, 2.75) is 17.9 Å². The summed E-state index contributed by atoms with van der Waals surface area (Å²) in [6, 6.07) is 11.4. The third kappa shape index (κ3) is 5.00. The highest BCUT2D eigenvalue weighted by Gasteiger charge is 2.30. The molecule has 6 nitrogen and oxygen atoms in total. The maximum atomic E-state index is 12.9. The van der Waals surface area contributed by atoms with Crippen LogP contribution in [0.25, 0.3) is 11.3 Å². The van der Waals surface area contributed by atoms with Crippen LogP contribution in [0.3, 0.4) is 0 Å². The number of aromatic nitrogens is 2. The van der Waals surface area contributed by atoms with Gasteiger partial charge in [-0.25, -0.2) is 4.98 Å². The van der Waals surface area contributed by atoms with Crippen LogP contribution >= 0.6 is 11.8 Å². The van der Waals surface area contributed by atoms with Crippen LogP contribution in [0.15, 0.2) is 52.4 Å². The topological polar surface area (TPSA) is 88.0 Å². The number of hydrogen-bond donors (Lipinski definition) is 1. The summed E-state index contributed by atoms with van der Waals surface area (Å²) in [6.07, 6.45) is -2.73. The van der Waals surface area contributed by atoms with Gasteiger partial charge in [0.2, 0.25) is 0 Å². The van der Waals surface area contributed by atoms with Crippen molar-refractivity contribution in [1.29, 1.82) is 5.26 Å². The fraction of sp³-hybridized carbons (Fsp3) is 0.190. The van der Waals surface area contributed by atoms with Gasteiger partial charge >= 0.3 is 6.18 Å². The molecule has 0 fully saturated rings. The molecule has 0 aliphatic rings. The average molecular weight is 447 g/mol. The van der Waals surface area contributed by atoms with Crippen molar-refractivity contribution >= 4 is 11.8 Å². The Labute approximate surface area is 179 Å². The van der Waals surface area contributed by atoms with Crippen LogP contribution in [0.1, 0.15) is 16.7 Å². The average Bonchev–Trinajstić information content (AvgIpc) is 2.76. The highest BCUT2D eigenvalue weighted by atomic mass is 32.2. The van der Waals surface area contributed by atoms with Gasteiger partial charge in [-0.05, 0) is 42.2 Å². The van der Waals surface area contributed by atoms with E-state index >= 15 is 0 Å². The van der Waals surface area contributed by atoms with Crippen LogP contribution in [0, 0.1) is 11.3 Å². The second kappa shape index (κ2) is 9.14. The van der Waals surface area contributed by atoms with E-state index in [0.29, 0.717) is 22.0 Å². The van der Waals surface area contributed by atoms with E-state index in [1.807, 2.05) is 6.07 Å². The number of rotatable bonds is 6. The minimum atomic E-state index is -4.46. The van der Waals surface area contributed by atoms with Crippen LogP contribution in [-0.4, -0.2) is 23.3 Å². The highest BCUT2D eigenvalue weighted by molar-refractivity contribution is 7.98. The van der Waals surface area contributed by atoms with Crippen molar-refractivity contribution in [3.8, 4) is 28.8 Å². The molecule has 160 valence electrons. The number of halogens is 3. The maximum absolute atomic E-state index is 12.9. The van der Waals surface area contributed by atoms with Gasteiger partial charge in [-0.1, -0.05) is 23.9 Å². The fourth-order valence-corrected chi connectivity index (χ4v) is 3.17. The number of nitriles is 1. The molecule has 0 spiro atoms. The van der Waals surface area contributed by atoms with Gasteiger partial charge in [0.15, 0.2) is 16.7 Å². The van der Waals surface area contributed by atoms with Crippen LogP contribution in [0.2, 0.25) is 0 Å². The van der Waals surface area contributed by atoms with Gasteiger partial charge in [0, 0.05) is 5.56 Å². The summed E-state index contributed by atoms with van der Waals surface area (Å²) in [5.74, 6) is 0.568. The van der Waals surface area contributed by atoms with Gasteiger partial charge in [-0.2, -0.15) is 18.4 Å². The zero-order valence-electron chi connectivity index (χ0n) is 16.4. The first-order chi connectivity index (χ1) is 14.8. The molecule has 3 rings (SSSR count). The first-order valence-electron chi connectivity index (χ1n) is 8.82. The van der Waals surface area contributed by atoms with Gasteiger partial charge in [-0.3, -0.25) is 4.79 Å². The lowest BCUT2D eigenvalue weighted by Gasteiger charge is -2.14. The third-order valence-electron chi connectivity index (χ3n) is 4.29. The van der Waals surface area contributed by atoms with E-state index in [1.165, 1.54) is 37.1 Å². The van der Waals surface area contributed by atoms with E-state index in [-0.39, 0.29) is 23.6 Å². The van der Waals surface area contributed by atoms with E-state index in [1.54, 1.807) is 18.4 Å². The van der Waals surface area contributed by atoms with Gasteiger partial charge in [0.1, 0.15) is 18.2 Å². The van der Waals surface area contributed by atoms with Gasteiger partial charge in [0.05, 0.1) is 18.4 Å². The molecule has 1 aromatic heterocycles. The summed E-state index contributed by atoms with van der Waals surface area (Å²) in [7, 11) is 1.42. The summed E-state index contributed by atoms with van der Waals surface area (Å²) in [5, 5.41) is 9.71. The number of benzene rings is 2. The molecule has 3 aromatic rings. The van der Waals surface area contributed by atoms with Crippen molar-refractivity contribution in [3.63, 3.8) is 0 Å². The predicted molar refractivity (Wildman–Crippen MR) is 109 cm³/mol. The third-order valence-corrected chi connectivity index (χ3v) is 4.87. The van der Waals surface area contributed by atoms with Crippen molar-refractivity contribution in [2.75, 3.05) is 13.4 Å². The van der Waals surface area contributed by atoms with Gasteiger partial charge in [-0.15, -0.1) is 0 Å². The fourth-order valence-electron chi connectivity index (χ4n) is 2.80. The Kier molecular flexibility index (Phi) is 6.56. The molecule has 10 heteroatoms. The Morgan fingerprint density at radius 3 is 2.61 bits per heavy atom. The lowest BCUT2D eigenvalue weighted by Crippen LogP contribution is -2.14. The molecule has 1 heterocycles. The molecule has 31 heavy (non-hydrogen) atoms. The van der Waals surface area contributed by atoms with E-state index in [0.717, 1.165) is 12.1 Å². The molecule has 0 atom stereocenters. The number of ether oxygens (including phenoxy) is 2. The Hall–Kier alpha value is -3.45. The number of alkyl halides is 3. The lowest BCUT2D eigenvalue weighted by atomic mass is 10.1. The van der Waals surface area contributed by atoms with Gasteiger partial charge < -0.3 is 14.5 Å². The number of nitrogens with one attached hydrogen (secondary N) is 1. The second-order valence-electron chi connectivity index (χ2n) is 6.26. The quantitative estimate of drug-likeness (QED) is 0.438. The molecular weight excluding hydrogens is 431 g/mol. The SMILES string of the molecule is COc1ccc(-c2nc(SC)[nH]c(=O)c2C#N)cc1OCc1cccc(C(F)(F)F)c1. The molecule has 1 N–H and O–H groups in total. The number of aromatic amines is 1. The molecule has 0 unspecified atom stereocenters. The van der Waals surface area contributed by atoms with Crippen LogP contribution < -0.4 is 15.0 Å². The number of H-pyrrole nitrogens is 1. The van der Waals surface area contributed by atoms with E-state index in [9.17, 15) is 23.2 Å². The monoisotopic (exact) mass is 447 g/mol. The molecule has 0 aliphatic heterocycles. The highest BCUT2D eigenvalue weighted by Crippen LogP contribution is 2.34. The standard InChI is InChI=1S/C21H16F3N3O3S/c1-29-16-7-6-13(18-15(10-25)19(28)27-20(26-18)31-2)9-17(16)30-11-12-4-3-5-14(8-12)21(22,23)24/h3-9H,11H2,1-2H3,(H,26,27,28). The molecule has 2 aromatic carbocycles. The van der Waals surface area contributed by atoms with Crippen molar-refractivity contribution in [3.05, 3.63) is 69.5 Å². The van der Waals surface area contributed by atoms with Crippen LogP contribution in [0.5, 0.6) is 11.5 Å². The Morgan fingerprint density at radius 2 is 1.97 bits per heavy atom. The number of thioether (sulfide) groups is 1. The zero-order valence-corrected chi connectivity index (χ0v) is 17.2. The summed E-state index contributed by atoms with van der Waals surface area (Å²) < 4.78 is 49.8. The molecule has 0 amide bonds. The predicted octanol–water partition coefficient (Wildman–Crippen LogP) is 4.64. The first-order valence-corrected chi connectivity index (χ1v) is 10.0. The Bertz CT molecular complexity index is 1200. The Morgan fingerprint density at radius 1 is 1.19 bits per heavy atom. The smallest absolute Gasteiger partial charge is 0.416 e. The van der Waals surface area contributed by atoms with Crippen LogP contribution in [-0.2, 0) is 12.8 Å². The van der Waals surface area contributed by atoms with Crippen molar-refractivity contribution in [2.24, 2.45) is 0 Å². The number of nitrogens with zero attached hydrogens (tertiary/aromatic N) is 2. The Balaban J connectivity index is 1.97. The second-order valence-corrected chi connectivity index (χ2v) is 7.06. The minimum absolute atomic E-state index is 0.145. The number of hydrogen-bond acceptors (Lipinski definition) is 6.